The molecule has 0 saturated carbocycles. The molecule has 0 fully saturated rings. The Bertz CT molecular complexity index is 513. The van der Waals surface area contributed by atoms with Crippen LogP contribution in [0.4, 0.5) is 11.4 Å². The fourth-order valence-corrected chi connectivity index (χ4v) is 3.83. The van der Waals surface area contributed by atoms with Gasteiger partial charge in [-0.1, -0.05) is 11.6 Å². The zero-order valence-corrected chi connectivity index (χ0v) is 9.77. The Balaban J connectivity index is 2.73. The first kappa shape index (κ1) is 10.6. The summed E-state index contributed by atoms with van der Waals surface area (Å²) >= 11 is 5.98. The van der Waals surface area contributed by atoms with Gasteiger partial charge in [0.1, 0.15) is 0 Å². The van der Waals surface area contributed by atoms with Crippen LogP contribution in [0.1, 0.15) is 12.5 Å². The highest BCUT2D eigenvalue weighted by Gasteiger charge is 2.35. The first-order chi connectivity index (χ1) is 6.97. The van der Waals surface area contributed by atoms with Crippen molar-refractivity contribution in [1.29, 1.82) is 0 Å². The van der Waals surface area contributed by atoms with E-state index in [0.717, 1.165) is 0 Å². The lowest BCUT2D eigenvalue weighted by Crippen LogP contribution is -2.26. The molecule has 0 saturated heterocycles. The molecule has 2 N–H and O–H groups in total. The number of halogens is 1. The summed E-state index contributed by atoms with van der Waals surface area (Å²) in [6, 6.07) is 3.26. The third-order valence-electron chi connectivity index (χ3n) is 2.47. The molecular weight excluding hydrogens is 236 g/mol. The highest BCUT2D eigenvalue weighted by atomic mass is 35.5. The van der Waals surface area contributed by atoms with E-state index in [1.165, 1.54) is 4.31 Å². The molecule has 1 aromatic rings. The summed E-state index contributed by atoms with van der Waals surface area (Å²) in [4.78, 5) is 0. The summed E-state index contributed by atoms with van der Waals surface area (Å²) in [6.45, 7) is 2.14. The minimum atomic E-state index is -3.27. The highest BCUT2D eigenvalue weighted by molar-refractivity contribution is 7.92. The smallest absolute Gasteiger partial charge is 0.239 e. The molecule has 1 aliphatic rings. The predicted octanol–water partition coefficient (Wildman–Crippen LogP) is 1.59. The molecule has 4 nitrogen and oxygen atoms in total. The van der Waals surface area contributed by atoms with Gasteiger partial charge < -0.3 is 5.73 Å². The van der Waals surface area contributed by atoms with Crippen LogP contribution in [0.15, 0.2) is 12.1 Å². The largest absolute Gasteiger partial charge is 0.398 e. The van der Waals surface area contributed by atoms with E-state index in [2.05, 4.69) is 0 Å². The summed E-state index contributed by atoms with van der Waals surface area (Å²) in [6.07, 6.45) is 0. The van der Waals surface area contributed by atoms with Gasteiger partial charge >= 0.3 is 0 Å². The van der Waals surface area contributed by atoms with E-state index in [-0.39, 0.29) is 5.75 Å². The second-order valence-electron chi connectivity index (χ2n) is 3.38. The quantitative estimate of drug-likeness (QED) is 0.766. The van der Waals surface area contributed by atoms with Crippen LogP contribution in [0.3, 0.4) is 0 Å². The van der Waals surface area contributed by atoms with Crippen LogP contribution >= 0.6 is 11.6 Å². The first-order valence-electron chi connectivity index (χ1n) is 4.54. The van der Waals surface area contributed by atoms with Crippen molar-refractivity contribution < 1.29 is 8.42 Å². The maximum atomic E-state index is 11.8. The summed E-state index contributed by atoms with van der Waals surface area (Å²) in [7, 11) is -3.27. The second kappa shape index (κ2) is 3.28. The number of anilines is 2. The molecular formula is C9H11ClN2O2S. The number of sulfonamides is 1. The molecule has 15 heavy (non-hydrogen) atoms. The van der Waals surface area contributed by atoms with Gasteiger partial charge in [0.2, 0.25) is 10.0 Å². The van der Waals surface area contributed by atoms with E-state index in [9.17, 15) is 8.42 Å². The van der Waals surface area contributed by atoms with Crippen molar-refractivity contribution >= 4 is 33.0 Å². The summed E-state index contributed by atoms with van der Waals surface area (Å²) in [5, 5.41) is 0.433. The molecule has 1 heterocycles. The Labute approximate surface area is 93.7 Å². The predicted molar refractivity (Wildman–Crippen MR) is 61.5 cm³/mol. The van der Waals surface area contributed by atoms with Gasteiger partial charge in [-0.15, -0.1) is 0 Å². The molecule has 0 amide bonds. The van der Waals surface area contributed by atoms with Crippen LogP contribution in [0.25, 0.3) is 0 Å². The van der Waals surface area contributed by atoms with Gasteiger partial charge in [-0.05, 0) is 19.1 Å². The van der Waals surface area contributed by atoms with Gasteiger partial charge in [-0.2, -0.15) is 0 Å². The lowest BCUT2D eigenvalue weighted by Gasteiger charge is -2.16. The van der Waals surface area contributed by atoms with Crippen LogP contribution in [0, 0.1) is 0 Å². The number of nitrogen functional groups attached to an aromatic ring is 1. The topological polar surface area (TPSA) is 63.4 Å². The van der Waals surface area contributed by atoms with Gasteiger partial charge in [-0.3, -0.25) is 4.31 Å². The minimum absolute atomic E-state index is 0.0530. The zero-order chi connectivity index (χ0) is 11.2. The molecule has 6 heteroatoms. The number of benzene rings is 1. The summed E-state index contributed by atoms with van der Waals surface area (Å²) in [5.74, 6) is -0.0530. The van der Waals surface area contributed by atoms with E-state index in [4.69, 9.17) is 17.3 Å². The molecule has 0 spiro atoms. The Morgan fingerprint density at radius 3 is 2.80 bits per heavy atom. The van der Waals surface area contributed by atoms with Crippen molar-refractivity contribution in [3.63, 3.8) is 0 Å². The average molecular weight is 247 g/mol. The van der Waals surface area contributed by atoms with Crippen molar-refractivity contribution in [2.45, 2.75) is 12.7 Å². The van der Waals surface area contributed by atoms with Crippen molar-refractivity contribution in [3.05, 3.63) is 22.7 Å². The number of nitrogens with two attached hydrogens (primary N) is 1. The van der Waals surface area contributed by atoms with Crippen molar-refractivity contribution in [2.75, 3.05) is 16.6 Å². The van der Waals surface area contributed by atoms with Gasteiger partial charge in [0.05, 0.1) is 16.5 Å². The van der Waals surface area contributed by atoms with E-state index in [1.54, 1.807) is 19.1 Å². The second-order valence-corrected chi connectivity index (χ2v) is 5.69. The number of rotatable bonds is 1. The Morgan fingerprint density at radius 1 is 1.53 bits per heavy atom. The van der Waals surface area contributed by atoms with Crippen molar-refractivity contribution in [3.8, 4) is 0 Å². The van der Waals surface area contributed by atoms with E-state index in [0.29, 0.717) is 28.5 Å². The van der Waals surface area contributed by atoms with Crippen molar-refractivity contribution in [1.82, 2.24) is 0 Å². The molecule has 0 aromatic heterocycles. The fraction of sp³-hybridized carbons (Fsp3) is 0.333. The molecule has 0 bridgehead atoms. The zero-order valence-electron chi connectivity index (χ0n) is 8.20. The minimum Gasteiger partial charge on any atom is -0.398 e. The highest BCUT2D eigenvalue weighted by Crippen LogP contribution is 2.41. The average Bonchev–Trinajstić information content (AvgIpc) is 2.44. The fourth-order valence-electron chi connectivity index (χ4n) is 1.80. The van der Waals surface area contributed by atoms with E-state index < -0.39 is 10.0 Å². The molecule has 82 valence electrons. The van der Waals surface area contributed by atoms with Crippen LogP contribution in [-0.4, -0.2) is 15.0 Å². The number of hydrogen-bond donors (Lipinski definition) is 1. The van der Waals surface area contributed by atoms with Gasteiger partial charge in [-0.25, -0.2) is 8.42 Å². The molecule has 1 aliphatic heterocycles. The summed E-state index contributed by atoms with van der Waals surface area (Å²) < 4.78 is 24.8. The summed E-state index contributed by atoms with van der Waals surface area (Å²) in [5.41, 5.74) is 7.37. The third kappa shape index (κ3) is 1.46. The van der Waals surface area contributed by atoms with Crippen LogP contribution in [0.5, 0.6) is 0 Å². The van der Waals surface area contributed by atoms with Crippen LogP contribution in [-0.2, 0) is 15.8 Å². The van der Waals surface area contributed by atoms with E-state index >= 15 is 0 Å². The maximum Gasteiger partial charge on any atom is 0.239 e. The van der Waals surface area contributed by atoms with Crippen LogP contribution < -0.4 is 10.0 Å². The normalized spacial score (nSPS) is 17.9. The maximum absolute atomic E-state index is 11.8. The number of hydrogen-bond acceptors (Lipinski definition) is 3. The molecule has 0 unspecified atom stereocenters. The van der Waals surface area contributed by atoms with E-state index in [1.807, 2.05) is 0 Å². The molecule has 0 radical (unpaired) electrons. The number of nitrogens with zero attached hydrogens (tertiary/aromatic N) is 1. The Hall–Kier alpha value is -0.940. The SMILES string of the molecule is CCN1c2c(Cl)ccc(N)c2CS1(=O)=O. The standard InChI is InChI=1S/C9H11ClN2O2S/c1-2-12-9-6(5-15(12,13)14)8(11)4-3-7(9)10/h3-4H,2,5,11H2,1H3. The Kier molecular flexibility index (Phi) is 2.31. The molecule has 0 atom stereocenters. The lowest BCUT2D eigenvalue weighted by molar-refractivity contribution is 0.594. The van der Waals surface area contributed by atoms with Gasteiger partial charge in [0.15, 0.2) is 0 Å². The Morgan fingerprint density at radius 2 is 2.20 bits per heavy atom. The van der Waals surface area contributed by atoms with Gasteiger partial charge in [0, 0.05) is 17.8 Å². The molecule has 2 rings (SSSR count). The van der Waals surface area contributed by atoms with Crippen molar-refractivity contribution in [2.24, 2.45) is 0 Å². The lowest BCUT2D eigenvalue weighted by atomic mass is 10.1. The number of fused-ring (bicyclic) bond motifs is 1. The monoisotopic (exact) mass is 246 g/mol. The molecule has 0 aliphatic carbocycles. The third-order valence-corrected chi connectivity index (χ3v) is 4.54. The van der Waals surface area contributed by atoms with Crippen LogP contribution in [0.2, 0.25) is 5.02 Å². The van der Waals surface area contributed by atoms with Gasteiger partial charge in [0.25, 0.3) is 0 Å². The first-order valence-corrected chi connectivity index (χ1v) is 6.53. The molecule has 1 aromatic carbocycles.